The maximum Gasteiger partial charge on any atom is 0.257 e. The number of hydrogen-bond donors (Lipinski definition) is 1. The van der Waals surface area contributed by atoms with Crippen molar-refractivity contribution in [2.24, 2.45) is 5.41 Å². The maximum absolute atomic E-state index is 13.0. The molecule has 2 saturated heterocycles. The number of aliphatic hydroxyl groups excluding tert-OH is 1. The Labute approximate surface area is 161 Å². The molecule has 0 saturated carbocycles. The zero-order valence-corrected chi connectivity index (χ0v) is 16.4. The fourth-order valence-electron chi connectivity index (χ4n) is 4.42. The Morgan fingerprint density at radius 1 is 1.26 bits per heavy atom. The molecule has 27 heavy (non-hydrogen) atoms. The third-order valence-corrected chi connectivity index (χ3v) is 6.09. The molecule has 0 bridgehead atoms. The number of para-hydroxylation sites is 1. The molecule has 0 aliphatic carbocycles. The van der Waals surface area contributed by atoms with Gasteiger partial charge in [-0.3, -0.25) is 9.59 Å². The fraction of sp³-hybridized carbons (Fsp3) is 0.619. The van der Waals surface area contributed by atoms with Gasteiger partial charge in [-0.25, -0.2) is 0 Å². The summed E-state index contributed by atoms with van der Waals surface area (Å²) in [7, 11) is 1.60. The van der Waals surface area contributed by atoms with E-state index in [1.165, 1.54) is 0 Å². The third-order valence-electron chi connectivity index (χ3n) is 6.09. The van der Waals surface area contributed by atoms with Gasteiger partial charge in [0, 0.05) is 39.2 Å². The summed E-state index contributed by atoms with van der Waals surface area (Å²) < 4.78 is 5.45. The standard InChI is InChI=1S/C21H30N2O4/c1-16-5-3-6-17(19(16)27-2)20(26)22-12-9-21(10-13-22)8-7-18(25)23(15-21)11-4-14-24/h3,5-6,24H,4,7-15H2,1-2H3. The molecule has 2 aliphatic heterocycles. The number of aryl methyl sites for hydroxylation is 1. The Morgan fingerprint density at radius 2 is 2.00 bits per heavy atom. The lowest BCUT2D eigenvalue weighted by Gasteiger charge is -2.47. The van der Waals surface area contributed by atoms with Crippen molar-refractivity contribution in [3.8, 4) is 5.75 Å². The van der Waals surface area contributed by atoms with Crippen LogP contribution in [-0.2, 0) is 4.79 Å². The molecule has 1 aromatic rings. The Hall–Kier alpha value is -2.08. The fourth-order valence-corrected chi connectivity index (χ4v) is 4.42. The number of aliphatic hydroxyl groups is 1. The van der Waals surface area contributed by atoms with E-state index in [-0.39, 0.29) is 23.8 Å². The van der Waals surface area contributed by atoms with Crippen LogP contribution in [0.2, 0.25) is 0 Å². The van der Waals surface area contributed by atoms with Crippen LogP contribution in [-0.4, -0.2) is 66.6 Å². The predicted molar refractivity (Wildman–Crippen MR) is 103 cm³/mol. The molecule has 2 aliphatic rings. The van der Waals surface area contributed by atoms with Crippen molar-refractivity contribution in [3.63, 3.8) is 0 Å². The van der Waals surface area contributed by atoms with Crippen molar-refractivity contribution in [3.05, 3.63) is 29.3 Å². The monoisotopic (exact) mass is 374 g/mol. The van der Waals surface area contributed by atoms with Crippen molar-refractivity contribution < 1.29 is 19.4 Å². The Balaban J connectivity index is 1.66. The van der Waals surface area contributed by atoms with Crippen LogP contribution in [0.5, 0.6) is 5.75 Å². The highest BCUT2D eigenvalue weighted by molar-refractivity contribution is 5.97. The lowest BCUT2D eigenvalue weighted by molar-refractivity contribution is -0.139. The first-order valence-corrected chi connectivity index (χ1v) is 9.81. The zero-order valence-electron chi connectivity index (χ0n) is 16.4. The van der Waals surface area contributed by atoms with E-state index in [2.05, 4.69) is 0 Å². The largest absolute Gasteiger partial charge is 0.496 e. The van der Waals surface area contributed by atoms with Gasteiger partial charge in [0.15, 0.2) is 0 Å². The summed E-state index contributed by atoms with van der Waals surface area (Å²) >= 11 is 0. The molecule has 0 aromatic heterocycles. The van der Waals surface area contributed by atoms with Crippen LogP contribution in [0, 0.1) is 12.3 Å². The number of likely N-dealkylation sites (tertiary alicyclic amines) is 2. The van der Waals surface area contributed by atoms with E-state index in [1.807, 2.05) is 34.9 Å². The van der Waals surface area contributed by atoms with E-state index in [1.54, 1.807) is 7.11 Å². The van der Waals surface area contributed by atoms with E-state index >= 15 is 0 Å². The molecular weight excluding hydrogens is 344 g/mol. The highest BCUT2D eigenvalue weighted by atomic mass is 16.5. The molecule has 6 heteroatoms. The molecule has 1 aromatic carbocycles. The predicted octanol–water partition coefficient (Wildman–Crippen LogP) is 2.23. The Kier molecular flexibility index (Phi) is 6.05. The van der Waals surface area contributed by atoms with Gasteiger partial charge in [0.1, 0.15) is 5.75 Å². The second-order valence-corrected chi connectivity index (χ2v) is 7.84. The molecule has 2 heterocycles. The van der Waals surface area contributed by atoms with Crippen LogP contribution in [0.1, 0.15) is 48.0 Å². The van der Waals surface area contributed by atoms with Crippen molar-refractivity contribution in [2.75, 3.05) is 39.9 Å². The van der Waals surface area contributed by atoms with Gasteiger partial charge in [-0.1, -0.05) is 12.1 Å². The number of methoxy groups -OCH3 is 1. The van der Waals surface area contributed by atoms with E-state index < -0.39 is 0 Å². The van der Waals surface area contributed by atoms with Crippen LogP contribution in [0.15, 0.2) is 18.2 Å². The van der Waals surface area contributed by atoms with Gasteiger partial charge < -0.3 is 19.6 Å². The first kappa shape index (κ1) is 19.7. The second-order valence-electron chi connectivity index (χ2n) is 7.84. The summed E-state index contributed by atoms with van der Waals surface area (Å²) in [6.45, 7) is 4.84. The highest BCUT2D eigenvalue weighted by Crippen LogP contribution is 2.40. The van der Waals surface area contributed by atoms with Crippen LogP contribution in [0.4, 0.5) is 0 Å². The smallest absolute Gasteiger partial charge is 0.257 e. The molecule has 0 atom stereocenters. The summed E-state index contributed by atoms with van der Waals surface area (Å²) in [6, 6.07) is 5.66. The first-order valence-electron chi connectivity index (χ1n) is 9.81. The van der Waals surface area contributed by atoms with Crippen molar-refractivity contribution in [1.82, 2.24) is 9.80 Å². The summed E-state index contributed by atoms with van der Waals surface area (Å²) in [5, 5.41) is 9.06. The number of nitrogens with zero attached hydrogens (tertiary/aromatic N) is 2. The van der Waals surface area contributed by atoms with Crippen molar-refractivity contribution in [1.29, 1.82) is 0 Å². The van der Waals surface area contributed by atoms with Gasteiger partial charge in [-0.15, -0.1) is 0 Å². The molecule has 1 N–H and O–H groups in total. The average Bonchev–Trinajstić information content (AvgIpc) is 2.69. The van der Waals surface area contributed by atoms with Gasteiger partial charge in [0.05, 0.1) is 12.7 Å². The van der Waals surface area contributed by atoms with Gasteiger partial charge in [0.2, 0.25) is 5.91 Å². The number of piperidine rings is 2. The molecular formula is C21H30N2O4. The molecule has 3 rings (SSSR count). The maximum atomic E-state index is 13.0. The second kappa shape index (κ2) is 8.30. The molecule has 6 nitrogen and oxygen atoms in total. The minimum Gasteiger partial charge on any atom is -0.496 e. The summed E-state index contributed by atoms with van der Waals surface area (Å²) in [4.78, 5) is 29.0. The number of amides is 2. The topological polar surface area (TPSA) is 70.1 Å². The lowest BCUT2D eigenvalue weighted by atomic mass is 9.72. The quantitative estimate of drug-likeness (QED) is 0.858. The molecule has 0 radical (unpaired) electrons. The molecule has 0 unspecified atom stereocenters. The highest BCUT2D eigenvalue weighted by Gasteiger charge is 2.41. The van der Waals surface area contributed by atoms with Crippen LogP contribution < -0.4 is 4.74 Å². The summed E-state index contributed by atoms with van der Waals surface area (Å²) in [6.07, 6.45) is 3.92. The van der Waals surface area contributed by atoms with Crippen molar-refractivity contribution >= 4 is 11.8 Å². The Morgan fingerprint density at radius 3 is 2.67 bits per heavy atom. The summed E-state index contributed by atoms with van der Waals surface area (Å²) in [5.41, 5.74) is 1.69. The molecule has 1 spiro atoms. The van der Waals surface area contributed by atoms with Crippen LogP contribution >= 0.6 is 0 Å². The average molecular weight is 374 g/mol. The molecule has 148 valence electrons. The van der Waals surface area contributed by atoms with E-state index in [0.717, 1.165) is 31.4 Å². The van der Waals surface area contributed by atoms with E-state index in [4.69, 9.17) is 9.84 Å². The number of carbonyl (C=O) groups excluding carboxylic acids is 2. The first-order chi connectivity index (χ1) is 13.0. The minimum atomic E-state index is 0.0226. The number of rotatable bonds is 5. The lowest BCUT2D eigenvalue weighted by Crippen LogP contribution is -2.52. The number of carbonyl (C=O) groups is 2. The summed E-state index contributed by atoms with van der Waals surface area (Å²) in [5.74, 6) is 0.868. The van der Waals surface area contributed by atoms with Crippen LogP contribution in [0.3, 0.4) is 0 Å². The molecule has 2 amide bonds. The molecule has 2 fully saturated rings. The third kappa shape index (κ3) is 4.10. The SMILES string of the molecule is COc1c(C)cccc1C(=O)N1CCC2(CCC(=O)N(CCCO)C2)CC1. The Bertz CT molecular complexity index is 695. The number of hydrogen-bond acceptors (Lipinski definition) is 4. The van der Waals surface area contributed by atoms with E-state index in [0.29, 0.717) is 43.8 Å². The van der Waals surface area contributed by atoms with E-state index in [9.17, 15) is 9.59 Å². The zero-order chi connectivity index (χ0) is 19.4. The van der Waals surface area contributed by atoms with Gasteiger partial charge >= 0.3 is 0 Å². The normalized spacial score (nSPS) is 19.4. The van der Waals surface area contributed by atoms with Gasteiger partial charge in [-0.2, -0.15) is 0 Å². The number of ether oxygens (including phenoxy) is 1. The number of benzene rings is 1. The van der Waals surface area contributed by atoms with Gasteiger partial charge in [-0.05, 0) is 49.7 Å². The van der Waals surface area contributed by atoms with Crippen molar-refractivity contribution in [2.45, 2.75) is 39.0 Å². The van der Waals surface area contributed by atoms with Gasteiger partial charge in [0.25, 0.3) is 5.91 Å². The minimum absolute atomic E-state index is 0.0226. The van der Waals surface area contributed by atoms with Crippen LogP contribution in [0.25, 0.3) is 0 Å².